The summed E-state index contributed by atoms with van der Waals surface area (Å²) in [7, 11) is 0. The van der Waals surface area contributed by atoms with Crippen molar-refractivity contribution in [2.45, 2.75) is 6.10 Å². The van der Waals surface area contributed by atoms with E-state index in [0.29, 0.717) is 37.5 Å². The maximum Gasteiger partial charge on any atom is 0.343 e. The number of nitrogens with one attached hydrogen (secondary N) is 1. The molecule has 0 saturated carbocycles. The van der Waals surface area contributed by atoms with Crippen molar-refractivity contribution in [1.29, 1.82) is 0 Å². The van der Waals surface area contributed by atoms with Crippen LogP contribution in [0.3, 0.4) is 0 Å². The molecule has 0 radical (unpaired) electrons. The van der Waals surface area contributed by atoms with Gasteiger partial charge in [-0.2, -0.15) is 5.10 Å². The minimum atomic E-state index is -0.861. The molecule has 1 amide bonds. The summed E-state index contributed by atoms with van der Waals surface area (Å²) in [5.74, 6) is 1.23. The van der Waals surface area contributed by atoms with Crippen LogP contribution in [0.25, 0.3) is 0 Å². The number of fused-ring (bicyclic) bond motifs is 2. The number of carbonyl (C=O) groups excluding carboxylic acids is 2. The number of hydrogen-bond donors (Lipinski definition) is 1. The standard InChI is InChI=1S/C24H16Br2N2O7/c25-15-7-14(10-27-28-23(29)21-11-31-17-3-1-2-4-19(17)34-21)22(16(26)9-15)35-24(30)13-5-6-18-20(8-13)33-12-32-18/h1-10,21H,11-12H2,(H,28,29)/b27-10-/t21-/m1/s1. The smallest absolute Gasteiger partial charge is 0.343 e. The zero-order valence-corrected chi connectivity index (χ0v) is 21.0. The van der Waals surface area contributed by atoms with E-state index in [9.17, 15) is 9.59 Å². The Morgan fingerprint density at radius 1 is 0.971 bits per heavy atom. The topological polar surface area (TPSA) is 105 Å². The Labute approximate surface area is 216 Å². The van der Waals surface area contributed by atoms with Gasteiger partial charge in [0.25, 0.3) is 5.91 Å². The van der Waals surface area contributed by atoms with Crippen LogP contribution in [0.1, 0.15) is 15.9 Å². The van der Waals surface area contributed by atoms with Crippen molar-refractivity contribution in [2.75, 3.05) is 13.4 Å². The first-order valence-corrected chi connectivity index (χ1v) is 11.9. The molecule has 0 bridgehead atoms. The van der Waals surface area contributed by atoms with Crippen molar-refractivity contribution in [2.24, 2.45) is 5.10 Å². The fourth-order valence-corrected chi connectivity index (χ4v) is 4.68. The number of amides is 1. The molecule has 2 aliphatic rings. The van der Waals surface area contributed by atoms with E-state index in [1.54, 1.807) is 48.5 Å². The van der Waals surface area contributed by atoms with Gasteiger partial charge in [-0.1, -0.05) is 28.1 Å². The molecular formula is C24H16Br2N2O7. The average molecular weight is 604 g/mol. The van der Waals surface area contributed by atoms with Crippen molar-refractivity contribution >= 4 is 50.0 Å². The largest absolute Gasteiger partial charge is 0.485 e. The number of hydrogen-bond acceptors (Lipinski definition) is 8. The van der Waals surface area contributed by atoms with Crippen LogP contribution in [0.15, 0.2) is 68.6 Å². The Bertz CT molecular complexity index is 1350. The number of nitrogens with zero attached hydrogens (tertiary/aromatic N) is 1. The highest BCUT2D eigenvalue weighted by atomic mass is 79.9. The lowest BCUT2D eigenvalue weighted by Gasteiger charge is -2.24. The van der Waals surface area contributed by atoms with E-state index >= 15 is 0 Å². The second-order valence-corrected chi connectivity index (χ2v) is 9.13. The van der Waals surface area contributed by atoms with Crippen LogP contribution in [-0.4, -0.2) is 37.6 Å². The minimum Gasteiger partial charge on any atom is -0.485 e. The van der Waals surface area contributed by atoms with Crippen molar-refractivity contribution < 1.29 is 33.3 Å². The van der Waals surface area contributed by atoms with Crippen LogP contribution < -0.4 is 29.1 Å². The van der Waals surface area contributed by atoms with Gasteiger partial charge >= 0.3 is 5.97 Å². The van der Waals surface area contributed by atoms with Crippen LogP contribution >= 0.6 is 31.9 Å². The van der Waals surface area contributed by atoms with Crippen LogP contribution in [0.4, 0.5) is 0 Å². The van der Waals surface area contributed by atoms with Crippen molar-refractivity contribution in [1.82, 2.24) is 5.43 Å². The molecule has 0 unspecified atom stereocenters. The molecule has 178 valence electrons. The zero-order valence-electron chi connectivity index (χ0n) is 17.8. The van der Waals surface area contributed by atoms with Crippen LogP contribution in [0.2, 0.25) is 0 Å². The summed E-state index contributed by atoms with van der Waals surface area (Å²) in [6.07, 6.45) is 0.507. The van der Waals surface area contributed by atoms with Gasteiger partial charge < -0.3 is 23.7 Å². The lowest BCUT2D eigenvalue weighted by atomic mass is 10.2. The second kappa shape index (κ2) is 9.96. The Balaban J connectivity index is 1.29. The molecule has 0 aliphatic carbocycles. The fraction of sp³-hybridized carbons (Fsp3) is 0.125. The van der Waals surface area contributed by atoms with Gasteiger partial charge in [0.1, 0.15) is 6.61 Å². The van der Waals surface area contributed by atoms with E-state index in [2.05, 4.69) is 42.4 Å². The predicted molar refractivity (Wildman–Crippen MR) is 131 cm³/mol. The van der Waals surface area contributed by atoms with Crippen LogP contribution in [-0.2, 0) is 4.79 Å². The zero-order chi connectivity index (χ0) is 24.4. The van der Waals surface area contributed by atoms with Gasteiger partial charge in [-0.05, 0) is 58.4 Å². The molecule has 0 saturated heterocycles. The molecule has 5 rings (SSSR count). The van der Waals surface area contributed by atoms with Crippen molar-refractivity contribution in [3.63, 3.8) is 0 Å². The summed E-state index contributed by atoms with van der Waals surface area (Å²) >= 11 is 6.81. The Morgan fingerprint density at radius 3 is 2.60 bits per heavy atom. The highest BCUT2D eigenvalue weighted by Gasteiger charge is 2.27. The van der Waals surface area contributed by atoms with E-state index in [1.165, 1.54) is 6.21 Å². The number of halogens is 2. The van der Waals surface area contributed by atoms with Crippen molar-refractivity contribution in [3.05, 3.63) is 74.7 Å². The number of esters is 1. The Morgan fingerprint density at radius 2 is 1.74 bits per heavy atom. The van der Waals surface area contributed by atoms with Gasteiger partial charge in [-0.25, -0.2) is 10.2 Å². The van der Waals surface area contributed by atoms with Gasteiger partial charge in [-0.3, -0.25) is 4.79 Å². The number of ether oxygens (including phenoxy) is 5. The summed E-state index contributed by atoms with van der Waals surface area (Å²) in [6, 6.07) is 15.3. The lowest BCUT2D eigenvalue weighted by Crippen LogP contribution is -2.42. The van der Waals surface area contributed by atoms with Gasteiger partial charge in [0.2, 0.25) is 12.9 Å². The van der Waals surface area contributed by atoms with Crippen LogP contribution in [0, 0.1) is 0 Å². The Kier molecular flexibility index (Phi) is 6.60. The maximum absolute atomic E-state index is 12.8. The van der Waals surface area contributed by atoms with E-state index in [4.69, 9.17) is 23.7 Å². The quantitative estimate of drug-likeness (QED) is 0.199. The number of para-hydroxylation sites is 2. The monoisotopic (exact) mass is 602 g/mol. The third-order valence-electron chi connectivity index (χ3n) is 5.02. The van der Waals surface area contributed by atoms with Gasteiger partial charge in [-0.15, -0.1) is 0 Å². The average Bonchev–Trinajstić information content (AvgIpc) is 3.33. The molecule has 0 aromatic heterocycles. The SMILES string of the molecule is O=C(Oc1c(Br)cc(Br)cc1/C=N\NC(=O)[C@H]1COc2ccccc2O1)c1ccc2c(c1)OCO2. The second-order valence-electron chi connectivity index (χ2n) is 7.36. The van der Waals surface area contributed by atoms with E-state index in [1.807, 2.05) is 6.07 Å². The van der Waals surface area contributed by atoms with Gasteiger partial charge in [0.15, 0.2) is 28.7 Å². The number of benzene rings is 3. The number of carbonyl (C=O) groups is 2. The van der Waals surface area contributed by atoms with E-state index in [-0.39, 0.29) is 24.7 Å². The first-order chi connectivity index (χ1) is 17.0. The van der Waals surface area contributed by atoms with Crippen molar-refractivity contribution in [3.8, 4) is 28.7 Å². The molecule has 3 aromatic rings. The molecular weight excluding hydrogens is 588 g/mol. The third kappa shape index (κ3) is 5.10. The molecule has 9 nitrogen and oxygen atoms in total. The summed E-state index contributed by atoms with van der Waals surface area (Å²) in [6.45, 7) is 0.155. The van der Waals surface area contributed by atoms with Gasteiger partial charge in [0.05, 0.1) is 16.3 Å². The first-order valence-electron chi connectivity index (χ1n) is 10.3. The summed E-state index contributed by atoms with van der Waals surface area (Å²) in [4.78, 5) is 25.3. The normalized spacial score (nSPS) is 15.7. The predicted octanol–water partition coefficient (Wildman–Crippen LogP) is 4.45. The lowest BCUT2D eigenvalue weighted by molar-refractivity contribution is -0.130. The molecule has 0 fully saturated rings. The molecule has 11 heteroatoms. The van der Waals surface area contributed by atoms with E-state index < -0.39 is 18.0 Å². The summed E-state index contributed by atoms with van der Waals surface area (Å²) < 4.78 is 28.7. The fourth-order valence-electron chi connectivity index (χ4n) is 3.35. The highest BCUT2D eigenvalue weighted by Crippen LogP contribution is 2.35. The van der Waals surface area contributed by atoms with E-state index in [0.717, 1.165) is 0 Å². The Hall–Kier alpha value is -3.57. The van der Waals surface area contributed by atoms with Crippen LogP contribution in [0.5, 0.6) is 28.7 Å². The molecule has 1 N–H and O–H groups in total. The molecule has 2 aliphatic heterocycles. The van der Waals surface area contributed by atoms with Gasteiger partial charge in [0, 0.05) is 10.0 Å². The minimum absolute atomic E-state index is 0.0548. The first kappa shape index (κ1) is 23.2. The molecule has 3 aromatic carbocycles. The molecule has 35 heavy (non-hydrogen) atoms. The molecule has 0 spiro atoms. The summed E-state index contributed by atoms with van der Waals surface area (Å²) in [5, 5.41) is 4.01. The molecule has 1 atom stereocenters. The third-order valence-corrected chi connectivity index (χ3v) is 6.07. The maximum atomic E-state index is 12.8. The number of rotatable bonds is 5. The summed E-state index contributed by atoms with van der Waals surface area (Å²) in [5.41, 5.74) is 3.16. The highest BCUT2D eigenvalue weighted by molar-refractivity contribution is 9.11. The number of hydrazone groups is 1. The molecule has 2 heterocycles.